The number of halogens is 1. The highest BCUT2D eigenvalue weighted by Crippen LogP contribution is 2.28. The fourth-order valence-electron chi connectivity index (χ4n) is 2.74. The molecule has 0 radical (unpaired) electrons. The number of carbonyl (C=O) groups is 2. The lowest BCUT2D eigenvalue weighted by Gasteiger charge is -2.20. The smallest absolute Gasteiger partial charge is 0.262 e. The normalized spacial score (nSPS) is 12.1. The molecule has 2 N–H and O–H groups in total. The van der Waals surface area contributed by atoms with E-state index in [0.29, 0.717) is 22.1 Å². The molecular weight excluding hydrogens is 418 g/mol. The average molecular weight is 446 g/mol. The topological polar surface area (TPSA) is 89.0 Å². The third kappa shape index (κ3) is 7.29. The number of nitrogens with one attached hydrogen (secondary N) is 2. The molecule has 0 aliphatic heterocycles. The average Bonchev–Trinajstić information content (AvgIpc) is 2.72. The largest absolute Gasteiger partial charge is 0.493 e. The van der Waals surface area contributed by atoms with Crippen LogP contribution in [-0.2, 0) is 4.79 Å². The van der Waals surface area contributed by atoms with Crippen molar-refractivity contribution in [3.8, 4) is 11.5 Å². The first-order valence-electron chi connectivity index (χ1n) is 9.95. The molecule has 2 rings (SSSR count). The molecule has 0 aliphatic carbocycles. The molecule has 7 nitrogen and oxygen atoms in total. The Labute approximate surface area is 187 Å². The van der Waals surface area contributed by atoms with Gasteiger partial charge in [-0.3, -0.25) is 9.59 Å². The Morgan fingerprint density at radius 3 is 2.42 bits per heavy atom. The van der Waals surface area contributed by atoms with Crippen LogP contribution in [0.4, 0.5) is 0 Å². The van der Waals surface area contributed by atoms with E-state index in [-0.39, 0.29) is 17.9 Å². The zero-order chi connectivity index (χ0) is 23.0. The van der Waals surface area contributed by atoms with Gasteiger partial charge in [0, 0.05) is 10.6 Å². The number of methoxy groups -OCH3 is 1. The summed E-state index contributed by atoms with van der Waals surface area (Å²) >= 11 is 5.94. The fourth-order valence-corrected chi connectivity index (χ4v) is 2.94. The third-order valence-corrected chi connectivity index (χ3v) is 4.50. The van der Waals surface area contributed by atoms with Crippen molar-refractivity contribution in [2.75, 3.05) is 7.11 Å². The first-order valence-corrected chi connectivity index (χ1v) is 10.3. The highest BCUT2D eigenvalue weighted by molar-refractivity contribution is 6.31. The van der Waals surface area contributed by atoms with Crippen LogP contribution in [0.1, 0.15) is 43.6 Å². The van der Waals surface area contributed by atoms with Gasteiger partial charge in [-0.1, -0.05) is 31.5 Å². The van der Waals surface area contributed by atoms with E-state index in [1.54, 1.807) is 49.6 Å². The van der Waals surface area contributed by atoms with Crippen LogP contribution in [0.2, 0.25) is 5.02 Å². The summed E-state index contributed by atoms with van der Waals surface area (Å²) in [4.78, 5) is 25.1. The number of hydrogen-bond acceptors (Lipinski definition) is 5. The van der Waals surface area contributed by atoms with Crippen LogP contribution in [0.5, 0.6) is 11.5 Å². The molecule has 0 saturated carbocycles. The number of nitrogens with zero attached hydrogens (tertiary/aromatic N) is 1. The van der Waals surface area contributed by atoms with E-state index in [1.165, 1.54) is 6.21 Å². The molecule has 0 fully saturated rings. The minimum Gasteiger partial charge on any atom is -0.493 e. The van der Waals surface area contributed by atoms with E-state index in [4.69, 9.17) is 21.1 Å². The molecule has 0 spiro atoms. The fraction of sp³-hybridized carbons (Fsp3) is 0.348. The van der Waals surface area contributed by atoms with E-state index in [1.807, 2.05) is 27.7 Å². The summed E-state index contributed by atoms with van der Waals surface area (Å²) in [7, 11) is 1.56. The number of rotatable bonds is 9. The summed E-state index contributed by atoms with van der Waals surface area (Å²) < 4.78 is 11.0. The number of hydrazone groups is 1. The van der Waals surface area contributed by atoms with Crippen LogP contribution in [0.3, 0.4) is 0 Å². The molecule has 2 aromatic rings. The molecule has 8 heteroatoms. The predicted octanol–water partition coefficient (Wildman–Crippen LogP) is 4.04. The van der Waals surface area contributed by atoms with Gasteiger partial charge in [-0.15, -0.1) is 0 Å². The molecule has 0 aromatic heterocycles. The second kappa shape index (κ2) is 11.4. The van der Waals surface area contributed by atoms with Crippen LogP contribution < -0.4 is 20.2 Å². The van der Waals surface area contributed by atoms with E-state index >= 15 is 0 Å². The van der Waals surface area contributed by atoms with Crippen molar-refractivity contribution in [2.24, 2.45) is 11.0 Å². The van der Waals surface area contributed by atoms with E-state index in [0.717, 1.165) is 5.56 Å². The Bertz CT molecular complexity index is 944. The van der Waals surface area contributed by atoms with Crippen LogP contribution in [0.15, 0.2) is 47.6 Å². The van der Waals surface area contributed by atoms with Crippen LogP contribution in [0.25, 0.3) is 0 Å². The van der Waals surface area contributed by atoms with Gasteiger partial charge in [0.05, 0.1) is 19.4 Å². The maximum atomic E-state index is 12.6. The van der Waals surface area contributed by atoms with Gasteiger partial charge in [0.25, 0.3) is 11.8 Å². The summed E-state index contributed by atoms with van der Waals surface area (Å²) in [5.74, 6) is 0.241. The Morgan fingerprint density at radius 2 is 1.81 bits per heavy atom. The highest BCUT2D eigenvalue weighted by Gasteiger charge is 2.24. The number of benzene rings is 2. The number of amides is 2. The van der Waals surface area contributed by atoms with Crippen molar-refractivity contribution in [1.82, 2.24) is 10.7 Å². The van der Waals surface area contributed by atoms with Gasteiger partial charge in [0.2, 0.25) is 0 Å². The maximum Gasteiger partial charge on any atom is 0.262 e. The summed E-state index contributed by atoms with van der Waals surface area (Å²) in [6, 6.07) is 11.1. The SMILES string of the molecule is COc1cc(C=NNC(=O)C(NC(=O)c2cccc(Cl)c2)C(C)C)ccc1OC(C)C. The standard InChI is InChI=1S/C23H28ClN3O4/c1-14(2)21(26-22(28)17-7-6-8-18(24)12-17)23(29)27-25-13-16-9-10-19(31-15(3)4)20(11-16)30-5/h6-15,21H,1-5H3,(H,26,28)(H,27,29). The van der Waals surface area contributed by atoms with Crippen molar-refractivity contribution < 1.29 is 19.1 Å². The first kappa shape index (κ1) is 24.2. The van der Waals surface area contributed by atoms with Gasteiger partial charge in [-0.25, -0.2) is 5.43 Å². The van der Waals surface area contributed by atoms with Gasteiger partial charge in [-0.2, -0.15) is 5.10 Å². The summed E-state index contributed by atoms with van der Waals surface area (Å²) in [6.45, 7) is 7.54. The minimum atomic E-state index is -0.764. The van der Waals surface area contributed by atoms with Gasteiger partial charge < -0.3 is 14.8 Å². The molecule has 31 heavy (non-hydrogen) atoms. The molecule has 0 saturated heterocycles. The quantitative estimate of drug-likeness (QED) is 0.450. The third-order valence-electron chi connectivity index (χ3n) is 4.26. The van der Waals surface area contributed by atoms with Crippen molar-refractivity contribution >= 4 is 29.6 Å². The second-order valence-electron chi connectivity index (χ2n) is 7.52. The molecule has 1 atom stereocenters. The molecule has 2 aromatic carbocycles. The van der Waals surface area contributed by atoms with Crippen molar-refractivity contribution in [3.05, 3.63) is 58.6 Å². The van der Waals surface area contributed by atoms with Crippen LogP contribution in [0, 0.1) is 5.92 Å². The van der Waals surface area contributed by atoms with Gasteiger partial charge in [0.15, 0.2) is 11.5 Å². The molecule has 0 aliphatic rings. The van der Waals surface area contributed by atoms with Gasteiger partial charge in [-0.05, 0) is 61.7 Å². The zero-order valence-corrected chi connectivity index (χ0v) is 19.1. The van der Waals surface area contributed by atoms with Crippen molar-refractivity contribution in [1.29, 1.82) is 0 Å². The van der Waals surface area contributed by atoms with Crippen LogP contribution >= 0.6 is 11.6 Å². The Kier molecular flexibility index (Phi) is 8.88. The Balaban J connectivity index is 2.04. The monoisotopic (exact) mass is 445 g/mol. The Hall–Kier alpha value is -3.06. The second-order valence-corrected chi connectivity index (χ2v) is 7.95. The van der Waals surface area contributed by atoms with Crippen molar-refractivity contribution in [2.45, 2.75) is 39.8 Å². The number of ether oxygens (including phenoxy) is 2. The summed E-state index contributed by atoms with van der Waals surface area (Å²) in [5.41, 5.74) is 3.58. The number of hydrogen-bond donors (Lipinski definition) is 2. The van der Waals surface area contributed by atoms with E-state index < -0.39 is 11.9 Å². The lowest BCUT2D eigenvalue weighted by Crippen LogP contribution is -2.48. The van der Waals surface area contributed by atoms with E-state index in [9.17, 15) is 9.59 Å². The molecule has 0 heterocycles. The molecule has 2 amide bonds. The van der Waals surface area contributed by atoms with Gasteiger partial charge >= 0.3 is 0 Å². The lowest BCUT2D eigenvalue weighted by atomic mass is 10.0. The molecule has 166 valence electrons. The van der Waals surface area contributed by atoms with E-state index in [2.05, 4.69) is 15.8 Å². The first-order chi connectivity index (χ1) is 14.7. The Morgan fingerprint density at radius 1 is 1.06 bits per heavy atom. The van der Waals surface area contributed by atoms with Crippen LogP contribution in [-0.4, -0.2) is 37.3 Å². The van der Waals surface area contributed by atoms with Crippen molar-refractivity contribution in [3.63, 3.8) is 0 Å². The zero-order valence-electron chi connectivity index (χ0n) is 18.3. The summed E-state index contributed by atoms with van der Waals surface area (Å²) in [5, 5.41) is 7.19. The molecule has 1 unspecified atom stereocenters. The summed E-state index contributed by atoms with van der Waals surface area (Å²) in [6.07, 6.45) is 1.51. The number of carbonyl (C=O) groups excluding carboxylic acids is 2. The predicted molar refractivity (Wildman–Crippen MR) is 122 cm³/mol. The lowest BCUT2D eigenvalue weighted by molar-refractivity contribution is -0.123. The van der Waals surface area contributed by atoms with Gasteiger partial charge in [0.1, 0.15) is 6.04 Å². The maximum absolute atomic E-state index is 12.6. The minimum absolute atomic E-state index is 0.0165. The molecular formula is C23H28ClN3O4. The highest BCUT2D eigenvalue weighted by atomic mass is 35.5. The molecule has 0 bridgehead atoms.